The van der Waals surface area contributed by atoms with Crippen LogP contribution < -0.4 is 4.74 Å². The lowest BCUT2D eigenvalue weighted by Crippen LogP contribution is -2.03. The van der Waals surface area contributed by atoms with Gasteiger partial charge in [0.05, 0.1) is 7.11 Å². The number of methoxy groups -OCH3 is 1. The second-order valence-corrected chi connectivity index (χ2v) is 5.63. The fourth-order valence-electron chi connectivity index (χ4n) is 2.71. The normalized spacial score (nSPS) is 12.1. The summed E-state index contributed by atoms with van der Waals surface area (Å²) in [6.45, 7) is 0. The Labute approximate surface area is 141 Å². The number of benzene rings is 2. The van der Waals surface area contributed by atoms with Crippen LogP contribution in [-0.2, 0) is 19.9 Å². The molecule has 0 aliphatic carbocycles. The Morgan fingerprint density at radius 1 is 1.04 bits per heavy atom. The highest BCUT2D eigenvalue weighted by Crippen LogP contribution is 2.21. The third kappa shape index (κ3) is 3.46. The highest BCUT2D eigenvalue weighted by molar-refractivity contribution is 5.33. The Balaban J connectivity index is 1.75. The number of para-hydroxylation sites is 1. The van der Waals surface area contributed by atoms with Crippen molar-refractivity contribution in [1.29, 1.82) is 0 Å². The molecule has 1 aromatic heterocycles. The van der Waals surface area contributed by atoms with E-state index in [1.54, 1.807) is 11.8 Å². The lowest BCUT2D eigenvalue weighted by Gasteiger charge is -2.07. The second-order valence-electron chi connectivity index (χ2n) is 5.63. The largest absolute Gasteiger partial charge is 0.496 e. The average Bonchev–Trinajstić information content (AvgIpc) is 3.01. The molecule has 5 heteroatoms. The summed E-state index contributed by atoms with van der Waals surface area (Å²) in [7, 11) is 3.53. The van der Waals surface area contributed by atoms with Gasteiger partial charge in [0.2, 0.25) is 0 Å². The number of ether oxygens (including phenoxy) is 1. The molecular weight excluding hydrogens is 302 g/mol. The van der Waals surface area contributed by atoms with E-state index < -0.39 is 6.10 Å². The summed E-state index contributed by atoms with van der Waals surface area (Å²) in [5.41, 5.74) is 1.92. The molecule has 0 fully saturated rings. The Hall–Kier alpha value is -2.66. The first kappa shape index (κ1) is 16.2. The maximum absolute atomic E-state index is 10.4. The maximum Gasteiger partial charge on any atom is 0.183 e. The molecule has 5 nitrogen and oxygen atoms in total. The van der Waals surface area contributed by atoms with Crippen molar-refractivity contribution in [2.75, 3.05) is 7.11 Å². The summed E-state index contributed by atoms with van der Waals surface area (Å²) >= 11 is 0. The third-order valence-electron chi connectivity index (χ3n) is 4.04. The third-order valence-corrected chi connectivity index (χ3v) is 4.04. The molecule has 1 N–H and O–H groups in total. The van der Waals surface area contributed by atoms with Crippen molar-refractivity contribution in [2.24, 2.45) is 7.05 Å². The molecule has 1 atom stereocenters. The molecule has 124 valence electrons. The number of aliphatic hydroxyl groups is 1. The molecule has 0 saturated carbocycles. The van der Waals surface area contributed by atoms with Gasteiger partial charge in [0.1, 0.15) is 17.7 Å². The van der Waals surface area contributed by atoms with Gasteiger partial charge in [0.15, 0.2) is 5.82 Å². The van der Waals surface area contributed by atoms with Crippen LogP contribution >= 0.6 is 0 Å². The summed E-state index contributed by atoms with van der Waals surface area (Å²) in [6.07, 6.45) is 0.723. The fraction of sp³-hybridized carbons (Fsp3) is 0.263. The van der Waals surface area contributed by atoms with Crippen LogP contribution in [0.15, 0.2) is 54.6 Å². The molecule has 0 bridgehead atoms. The molecule has 0 amide bonds. The smallest absolute Gasteiger partial charge is 0.183 e. The Kier molecular flexibility index (Phi) is 4.91. The average molecular weight is 323 g/mol. The zero-order chi connectivity index (χ0) is 16.9. The van der Waals surface area contributed by atoms with E-state index in [1.807, 2.05) is 55.6 Å². The lowest BCUT2D eigenvalue weighted by molar-refractivity contribution is 0.209. The van der Waals surface area contributed by atoms with Gasteiger partial charge in [0.25, 0.3) is 0 Å². The SMILES string of the molecule is COc1ccccc1CCc1nc([C@H](O)c2ccccc2)nn1C. The van der Waals surface area contributed by atoms with Crippen LogP contribution in [-0.4, -0.2) is 27.0 Å². The van der Waals surface area contributed by atoms with Crippen molar-refractivity contribution in [1.82, 2.24) is 14.8 Å². The van der Waals surface area contributed by atoms with E-state index in [-0.39, 0.29) is 0 Å². The van der Waals surface area contributed by atoms with Crippen LogP contribution in [0.3, 0.4) is 0 Å². The zero-order valence-corrected chi connectivity index (χ0v) is 13.9. The molecule has 0 saturated heterocycles. The minimum atomic E-state index is -0.808. The molecule has 24 heavy (non-hydrogen) atoms. The van der Waals surface area contributed by atoms with E-state index in [9.17, 15) is 5.11 Å². The van der Waals surface area contributed by atoms with Gasteiger partial charge in [-0.05, 0) is 23.6 Å². The van der Waals surface area contributed by atoms with Crippen LogP contribution in [0.4, 0.5) is 0 Å². The quantitative estimate of drug-likeness (QED) is 0.758. The van der Waals surface area contributed by atoms with Crippen molar-refractivity contribution in [3.63, 3.8) is 0 Å². The molecule has 0 spiro atoms. The molecule has 0 aliphatic heterocycles. The Morgan fingerprint density at radius 3 is 2.50 bits per heavy atom. The van der Waals surface area contributed by atoms with Gasteiger partial charge in [-0.1, -0.05) is 48.5 Å². The first-order valence-electron chi connectivity index (χ1n) is 7.93. The molecule has 1 heterocycles. The van der Waals surface area contributed by atoms with E-state index in [0.717, 1.165) is 35.5 Å². The molecule has 0 unspecified atom stereocenters. The summed E-state index contributed by atoms with van der Waals surface area (Å²) in [5, 5.41) is 14.8. The van der Waals surface area contributed by atoms with Crippen molar-refractivity contribution >= 4 is 0 Å². The summed E-state index contributed by atoms with van der Waals surface area (Å²) < 4.78 is 7.12. The second kappa shape index (κ2) is 7.27. The van der Waals surface area contributed by atoms with Gasteiger partial charge in [0, 0.05) is 13.5 Å². The molecule has 0 aliphatic rings. The van der Waals surface area contributed by atoms with Crippen molar-refractivity contribution < 1.29 is 9.84 Å². The minimum absolute atomic E-state index is 0.429. The number of aryl methyl sites for hydroxylation is 3. The standard InChI is InChI=1S/C19H21N3O2/c1-22-17(13-12-14-8-6-7-11-16(14)24-2)20-19(21-22)18(23)15-9-4-3-5-10-15/h3-11,18,23H,12-13H2,1-2H3/t18-/m1/s1. The zero-order valence-electron chi connectivity index (χ0n) is 13.9. The van der Waals surface area contributed by atoms with E-state index in [4.69, 9.17) is 4.74 Å². The van der Waals surface area contributed by atoms with Crippen LogP contribution in [0.5, 0.6) is 5.75 Å². The fourth-order valence-corrected chi connectivity index (χ4v) is 2.71. The van der Waals surface area contributed by atoms with E-state index in [0.29, 0.717) is 5.82 Å². The first-order chi connectivity index (χ1) is 11.7. The van der Waals surface area contributed by atoms with Crippen LogP contribution in [0.25, 0.3) is 0 Å². The number of aliphatic hydroxyl groups excluding tert-OH is 1. The topological polar surface area (TPSA) is 60.2 Å². The molecule has 3 aromatic rings. The van der Waals surface area contributed by atoms with Crippen LogP contribution in [0.1, 0.15) is 28.9 Å². The minimum Gasteiger partial charge on any atom is -0.496 e. The maximum atomic E-state index is 10.4. The summed E-state index contributed by atoms with van der Waals surface area (Å²) in [6, 6.07) is 17.4. The highest BCUT2D eigenvalue weighted by atomic mass is 16.5. The van der Waals surface area contributed by atoms with Crippen LogP contribution in [0.2, 0.25) is 0 Å². The predicted molar refractivity (Wildman–Crippen MR) is 91.9 cm³/mol. The lowest BCUT2D eigenvalue weighted by atomic mass is 10.1. The summed E-state index contributed by atoms with van der Waals surface area (Å²) in [4.78, 5) is 4.52. The summed E-state index contributed by atoms with van der Waals surface area (Å²) in [5.74, 6) is 2.15. The van der Waals surface area contributed by atoms with E-state index in [1.165, 1.54) is 0 Å². The van der Waals surface area contributed by atoms with Crippen LogP contribution in [0, 0.1) is 0 Å². The van der Waals surface area contributed by atoms with Gasteiger partial charge < -0.3 is 9.84 Å². The Morgan fingerprint density at radius 2 is 1.75 bits per heavy atom. The van der Waals surface area contributed by atoms with Gasteiger partial charge in [-0.3, -0.25) is 4.68 Å². The number of hydrogen-bond acceptors (Lipinski definition) is 4. The number of nitrogens with zero attached hydrogens (tertiary/aromatic N) is 3. The van der Waals surface area contributed by atoms with Gasteiger partial charge in [-0.15, -0.1) is 0 Å². The van der Waals surface area contributed by atoms with Crippen molar-refractivity contribution in [2.45, 2.75) is 18.9 Å². The molecule has 2 aromatic carbocycles. The van der Waals surface area contributed by atoms with E-state index >= 15 is 0 Å². The number of hydrogen-bond donors (Lipinski definition) is 1. The van der Waals surface area contributed by atoms with Gasteiger partial charge in [-0.25, -0.2) is 4.98 Å². The van der Waals surface area contributed by atoms with Crippen molar-refractivity contribution in [3.05, 3.63) is 77.4 Å². The van der Waals surface area contributed by atoms with E-state index in [2.05, 4.69) is 16.1 Å². The van der Waals surface area contributed by atoms with Gasteiger partial charge >= 0.3 is 0 Å². The molecule has 0 radical (unpaired) electrons. The molecule has 3 rings (SSSR count). The predicted octanol–water partition coefficient (Wildman–Crippen LogP) is 2.69. The van der Waals surface area contributed by atoms with Gasteiger partial charge in [-0.2, -0.15) is 5.10 Å². The number of rotatable bonds is 6. The Bertz CT molecular complexity index is 799. The van der Waals surface area contributed by atoms with Crippen molar-refractivity contribution in [3.8, 4) is 5.75 Å². The monoisotopic (exact) mass is 323 g/mol. The first-order valence-corrected chi connectivity index (χ1v) is 7.93. The molecular formula is C19H21N3O2. The number of aromatic nitrogens is 3. The highest BCUT2D eigenvalue weighted by Gasteiger charge is 2.17.